The number of pyridine rings is 2. The van der Waals surface area contributed by atoms with E-state index in [2.05, 4.69) is 15.3 Å². The van der Waals surface area contributed by atoms with E-state index in [1.54, 1.807) is 0 Å². The van der Waals surface area contributed by atoms with Crippen LogP contribution in [0.3, 0.4) is 0 Å². The normalized spacial score (nSPS) is 10.2. The topological polar surface area (TPSA) is 54.9 Å². The van der Waals surface area contributed by atoms with Crippen molar-refractivity contribution in [2.45, 2.75) is 0 Å². The maximum absolute atomic E-state index is 13.2. The van der Waals surface area contributed by atoms with Gasteiger partial charge in [-0.2, -0.15) is 13.8 Å². The zero-order valence-corrected chi connectivity index (χ0v) is 8.82. The summed E-state index contributed by atoms with van der Waals surface area (Å²) in [6.07, 6.45) is 2.05. The van der Waals surface area contributed by atoms with Gasteiger partial charge in [0, 0.05) is 6.20 Å². The van der Waals surface area contributed by atoms with Crippen LogP contribution in [0.15, 0.2) is 30.6 Å². The van der Waals surface area contributed by atoms with E-state index >= 15 is 0 Å². The molecule has 0 aliphatic heterocycles. The highest BCUT2D eigenvalue weighted by Crippen LogP contribution is 2.13. The summed E-state index contributed by atoms with van der Waals surface area (Å²) in [5, 5.41) is 2.13. The Hall–Kier alpha value is -2.44. The zero-order valence-electron chi connectivity index (χ0n) is 8.82. The Balaban J connectivity index is 2.21. The third-order valence-corrected chi connectivity index (χ3v) is 2.03. The Kier molecular flexibility index (Phi) is 3.22. The van der Waals surface area contributed by atoms with Gasteiger partial charge in [-0.15, -0.1) is 0 Å². The molecule has 0 aliphatic carbocycles. The zero-order chi connectivity index (χ0) is 13.1. The smallest absolute Gasteiger partial charge is 0.257 e. The minimum atomic E-state index is -1.16. The molecule has 0 unspecified atom stereocenters. The molecule has 2 heterocycles. The molecule has 2 aromatic rings. The fourth-order valence-corrected chi connectivity index (χ4v) is 1.24. The Morgan fingerprint density at radius 1 is 1.17 bits per heavy atom. The number of nitrogens with one attached hydrogen (secondary N) is 1. The van der Waals surface area contributed by atoms with Crippen LogP contribution in [-0.2, 0) is 0 Å². The van der Waals surface area contributed by atoms with Crippen molar-refractivity contribution in [1.82, 2.24) is 9.97 Å². The van der Waals surface area contributed by atoms with E-state index in [-0.39, 0.29) is 11.3 Å². The lowest BCUT2D eigenvalue weighted by Crippen LogP contribution is -2.14. The number of nitrogens with zero attached hydrogens (tertiary/aromatic N) is 2. The predicted molar refractivity (Wildman–Crippen MR) is 56.3 cm³/mol. The highest BCUT2D eigenvalue weighted by molar-refractivity contribution is 6.03. The van der Waals surface area contributed by atoms with Crippen LogP contribution in [0.5, 0.6) is 0 Å². The molecule has 1 N–H and O–H groups in total. The summed E-state index contributed by atoms with van der Waals surface area (Å²) < 4.78 is 38.5. The van der Waals surface area contributed by atoms with E-state index in [9.17, 15) is 18.0 Å². The summed E-state index contributed by atoms with van der Waals surface area (Å²) in [7, 11) is 0. The van der Waals surface area contributed by atoms with Crippen molar-refractivity contribution in [3.8, 4) is 0 Å². The van der Waals surface area contributed by atoms with Crippen molar-refractivity contribution in [3.05, 3.63) is 53.9 Å². The first kappa shape index (κ1) is 12.0. The molecule has 0 spiro atoms. The number of carbonyl (C=O) groups excluding carboxylic acids is 1. The third-order valence-electron chi connectivity index (χ3n) is 2.03. The summed E-state index contributed by atoms with van der Waals surface area (Å²) in [5.41, 5.74) is -0.385. The molecule has 0 aromatic carbocycles. The fourth-order valence-electron chi connectivity index (χ4n) is 1.24. The van der Waals surface area contributed by atoms with Crippen LogP contribution in [0.1, 0.15) is 10.4 Å². The van der Waals surface area contributed by atoms with Crippen molar-refractivity contribution in [2.75, 3.05) is 5.32 Å². The molecule has 0 fully saturated rings. The highest BCUT2D eigenvalue weighted by atomic mass is 19.1. The Morgan fingerprint density at radius 2 is 1.94 bits per heavy atom. The van der Waals surface area contributed by atoms with Gasteiger partial charge in [-0.3, -0.25) is 9.78 Å². The van der Waals surface area contributed by atoms with E-state index in [1.807, 2.05) is 0 Å². The van der Waals surface area contributed by atoms with Crippen LogP contribution in [0.2, 0.25) is 0 Å². The maximum Gasteiger partial charge on any atom is 0.257 e. The van der Waals surface area contributed by atoms with Crippen molar-refractivity contribution >= 4 is 11.6 Å². The van der Waals surface area contributed by atoms with Crippen LogP contribution < -0.4 is 5.32 Å². The first-order valence-electron chi connectivity index (χ1n) is 4.80. The van der Waals surface area contributed by atoms with Gasteiger partial charge < -0.3 is 5.32 Å². The molecule has 0 bridgehead atoms. The molecule has 4 nitrogen and oxygen atoms in total. The largest absolute Gasteiger partial charge is 0.318 e. The second-order valence-electron chi connectivity index (χ2n) is 3.32. The van der Waals surface area contributed by atoms with Gasteiger partial charge in [0.2, 0.25) is 11.9 Å². The minimum Gasteiger partial charge on any atom is -0.318 e. The van der Waals surface area contributed by atoms with E-state index in [0.717, 1.165) is 30.6 Å². The number of halogens is 3. The fraction of sp³-hybridized carbons (Fsp3) is 0. The van der Waals surface area contributed by atoms with Gasteiger partial charge in [-0.25, -0.2) is 4.39 Å². The molecule has 0 atom stereocenters. The van der Waals surface area contributed by atoms with Crippen LogP contribution in [0, 0.1) is 17.7 Å². The van der Waals surface area contributed by atoms with Crippen molar-refractivity contribution in [3.63, 3.8) is 0 Å². The number of amides is 1. The lowest BCUT2D eigenvalue weighted by atomic mass is 10.2. The van der Waals surface area contributed by atoms with Crippen LogP contribution in [-0.4, -0.2) is 15.9 Å². The summed E-state index contributed by atoms with van der Waals surface area (Å²) in [6.45, 7) is 0. The lowest BCUT2D eigenvalue weighted by Gasteiger charge is -2.05. The molecule has 18 heavy (non-hydrogen) atoms. The molecular weight excluding hydrogens is 247 g/mol. The number of carbonyl (C=O) groups is 1. The Labute approximate surface area is 99.5 Å². The summed E-state index contributed by atoms with van der Waals surface area (Å²) >= 11 is 0. The first-order valence-corrected chi connectivity index (χ1v) is 4.80. The van der Waals surface area contributed by atoms with Gasteiger partial charge in [0.05, 0.1) is 17.4 Å². The first-order chi connectivity index (χ1) is 8.56. The number of aromatic nitrogens is 2. The monoisotopic (exact) mass is 253 g/mol. The SMILES string of the molecule is O=C(Nc1ccc(F)nc1F)c1cncc(F)c1. The lowest BCUT2D eigenvalue weighted by molar-refractivity contribution is 0.102. The summed E-state index contributed by atoms with van der Waals surface area (Å²) in [5.74, 6) is -3.62. The molecular formula is C11H6F3N3O. The average molecular weight is 253 g/mol. The minimum absolute atomic E-state index is 0.0845. The van der Waals surface area contributed by atoms with Gasteiger partial charge in [-0.05, 0) is 18.2 Å². The van der Waals surface area contributed by atoms with E-state index in [0.29, 0.717) is 0 Å². The van der Waals surface area contributed by atoms with Crippen LogP contribution in [0.4, 0.5) is 18.9 Å². The highest BCUT2D eigenvalue weighted by Gasteiger charge is 2.11. The molecule has 1 amide bonds. The molecule has 92 valence electrons. The molecule has 0 saturated carbocycles. The van der Waals surface area contributed by atoms with E-state index in [1.165, 1.54) is 0 Å². The Bertz CT molecular complexity index is 604. The van der Waals surface area contributed by atoms with Gasteiger partial charge >= 0.3 is 0 Å². The number of rotatable bonds is 2. The van der Waals surface area contributed by atoms with Gasteiger partial charge in [0.15, 0.2) is 0 Å². The second-order valence-corrected chi connectivity index (χ2v) is 3.32. The quantitative estimate of drug-likeness (QED) is 0.834. The van der Waals surface area contributed by atoms with Crippen molar-refractivity contribution in [1.29, 1.82) is 0 Å². The number of anilines is 1. The van der Waals surface area contributed by atoms with Gasteiger partial charge in [-0.1, -0.05) is 0 Å². The number of hydrogen-bond acceptors (Lipinski definition) is 3. The average Bonchev–Trinajstić information content (AvgIpc) is 2.32. The predicted octanol–water partition coefficient (Wildman–Crippen LogP) is 2.15. The summed E-state index contributed by atoms with van der Waals surface area (Å²) in [6, 6.07) is 2.85. The van der Waals surface area contributed by atoms with Gasteiger partial charge in [0.25, 0.3) is 5.91 Å². The van der Waals surface area contributed by atoms with Gasteiger partial charge in [0.1, 0.15) is 5.82 Å². The molecule has 0 radical (unpaired) electrons. The molecule has 0 aliphatic rings. The Morgan fingerprint density at radius 3 is 2.61 bits per heavy atom. The third kappa shape index (κ3) is 2.62. The molecule has 2 aromatic heterocycles. The van der Waals surface area contributed by atoms with Crippen molar-refractivity contribution < 1.29 is 18.0 Å². The van der Waals surface area contributed by atoms with E-state index in [4.69, 9.17) is 0 Å². The maximum atomic E-state index is 13.2. The molecule has 0 saturated heterocycles. The van der Waals surface area contributed by atoms with Crippen molar-refractivity contribution in [2.24, 2.45) is 0 Å². The van der Waals surface area contributed by atoms with E-state index < -0.39 is 23.6 Å². The molecule has 7 heteroatoms. The standard InChI is InChI=1S/C11H6F3N3O/c12-7-3-6(4-15-5-7)11(18)16-8-1-2-9(13)17-10(8)14/h1-5H,(H,16,18). The second kappa shape index (κ2) is 4.82. The van der Waals surface area contributed by atoms with Crippen LogP contribution >= 0.6 is 0 Å². The molecule has 2 rings (SSSR count). The number of hydrogen-bond donors (Lipinski definition) is 1. The summed E-state index contributed by atoms with van der Waals surface area (Å²) in [4.78, 5) is 18.0. The van der Waals surface area contributed by atoms with Crippen LogP contribution in [0.25, 0.3) is 0 Å².